The molecule has 0 radical (unpaired) electrons. The number of nitrogens with zero attached hydrogens (tertiary/aromatic N) is 1. The lowest BCUT2D eigenvalue weighted by atomic mass is 10.2. The van der Waals surface area contributed by atoms with Crippen molar-refractivity contribution in [3.63, 3.8) is 0 Å². The highest BCUT2D eigenvalue weighted by atomic mass is 79.9. The van der Waals surface area contributed by atoms with Gasteiger partial charge in [0.15, 0.2) is 14.9 Å². The quantitative estimate of drug-likeness (QED) is 0.252. The molecule has 124 valence electrons. The lowest BCUT2D eigenvalue weighted by molar-refractivity contribution is 0.542. The minimum absolute atomic E-state index is 0.0250. The second-order valence-corrected chi connectivity index (χ2v) is 13.9. The smallest absolute Gasteiger partial charge is 0.198 e. The van der Waals surface area contributed by atoms with Gasteiger partial charge in [0.2, 0.25) is 0 Å². The van der Waals surface area contributed by atoms with Gasteiger partial charge in [-0.1, -0.05) is 97.7 Å². The Bertz CT molecular complexity index is 582. The predicted octanol–water partition coefficient (Wildman–Crippen LogP) is 6.82. The third-order valence-electron chi connectivity index (χ3n) is 3.14. The van der Waals surface area contributed by atoms with E-state index in [-0.39, 0.29) is 18.4 Å². The molecular weight excluding hydrogens is 498 g/mol. The monoisotopic (exact) mass is 505 g/mol. The van der Waals surface area contributed by atoms with Gasteiger partial charge in [-0.2, -0.15) is 0 Å². The maximum atomic E-state index is 13.3. The maximum Gasteiger partial charge on any atom is 0.198 e. The van der Waals surface area contributed by atoms with Crippen molar-refractivity contribution in [2.45, 2.75) is 13.6 Å². The molecule has 0 N–H and O–H groups in total. The topological polar surface area (TPSA) is 20.1 Å². The van der Waals surface area contributed by atoms with Crippen LogP contribution < -0.4 is 0 Å². The van der Waals surface area contributed by atoms with Crippen LogP contribution in [0.5, 0.6) is 0 Å². The zero-order valence-electron chi connectivity index (χ0n) is 11.0. The largest absolute Gasteiger partial charge is 0.306 e. The second-order valence-electron chi connectivity index (χ2n) is 5.09. The van der Waals surface area contributed by atoms with Crippen LogP contribution in [0.4, 0.5) is 0 Å². The summed E-state index contributed by atoms with van der Waals surface area (Å²) in [6.07, 6.45) is -0.327. The third-order valence-corrected chi connectivity index (χ3v) is 8.87. The van der Waals surface area contributed by atoms with Gasteiger partial charge in [0.05, 0.1) is 18.4 Å². The molecule has 22 heavy (non-hydrogen) atoms. The Hall–Kier alpha value is 1.63. The Morgan fingerprint density at radius 1 is 1.14 bits per heavy atom. The van der Waals surface area contributed by atoms with Crippen LogP contribution in [0.2, 0.25) is 0 Å². The summed E-state index contributed by atoms with van der Waals surface area (Å²) in [5, 5.41) is 0. The summed E-state index contributed by atoms with van der Waals surface area (Å²) in [5.74, 6) is 0. The molecule has 0 aliphatic carbocycles. The van der Waals surface area contributed by atoms with E-state index in [1.54, 1.807) is 4.67 Å². The zero-order chi connectivity index (χ0) is 16.8. The number of hydrogen-bond acceptors (Lipinski definition) is 1. The van der Waals surface area contributed by atoms with E-state index in [0.717, 1.165) is 10.0 Å². The van der Waals surface area contributed by atoms with Crippen molar-refractivity contribution >= 4 is 92.8 Å². The van der Waals surface area contributed by atoms with Crippen LogP contribution in [0, 0.1) is 0 Å². The average molecular weight is 509 g/mol. The number of rotatable bonds is 4. The molecule has 2 unspecified atom stereocenters. The normalized spacial score (nSPS) is 22.7. The van der Waals surface area contributed by atoms with Gasteiger partial charge in [-0.15, -0.1) is 0 Å². The molecule has 0 spiro atoms. The molecule has 2 nitrogen and oxygen atoms in total. The maximum absolute atomic E-state index is 13.3. The molecule has 1 aliphatic heterocycles. The fourth-order valence-electron chi connectivity index (χ4n) is 2.32. The summed E-state index contributed by atoms with van der Waals surface area (Å²) >= 11 is 38.4. The molecule has 1 aliphatic rings. The molecule has 0 aromatic heterocycles. The van der Waals surface area contributed by atoms with Crippen molar-refractivity contribution in [1.82, 2.24) is 4.67 Å². The SMILES string of the molecule is O=P(CC(Cl)(Cl)Cl)(CC(Cl)(Cl)Cl)N1CC1c1cccc(Br)c1. The second kappa shape index (κ2) is 7.09. The molecule has 1 aromatic carbocycles. The van der Waals surface area contributed by atoms with Crippen LogP contribution in [0.1, 0.15) is 11.6 Å². The van der Waals surface area contributed by atoms with Crippen molar-refractivity contribution in [2.75, 3.05) is 18.9 Å². The van der Waals surface area contributed by atoms with Gasteiger partial charge >= 0.3 is 0 Å². The van der Waals surface area contributed by atoms with E-state index >= 15 is 0 Å². The van der Waals surface area contributed by atoms with Gasteiger partial charge < -0.3 is 4.57 Å². The molecule has 0 amide bonds. The van der Waals surface area contributed by atoms with Crippen molar-refractivity contribution < 1.29 is 4.57 Å². The molecule has 2 rings (SSSR count). The Morgan fingerprint density at radius 3 is 2.14 bits per heavy atom. The van der Waals surface area contributed by atoms with Crippen LogP contribution in [0.3, 0.4) is 0 Å². The Balaban J connectivity index is 2.23. The van der Waals surface area contributed by atoms with E-state index < -0.39 is 14.9 Å². The first-order valence-corrected chi connectivity index (χ1v) is 11.2. The highest BCUT2D eigenvalue weighted by Gasteiger charge is 2.53. The molecule has 1 aromatic rings. The number of benzene rings is 1. The van der Waals surface area contributed by atoms with E-state index in [1.807, 2.05) is 24.3 Å². The van der Waals surface area contributed by atoms with E-state index in [0.29, 0.717) is 6.54 Å². The van der Waals surface area contributed by atoms with Crippen molar-refractivity contribution in [1.29, 1.82) is 0 Å². The lowest BCUT2D eigenvalue weighted by Crippen LogP contribution is -2.22. The minimum Gasteiger partial charge on any atom is -0.306 e. The summed E-state index contributed by atoms with van der Waals surface area (Å²) in [6, 6.07) is 7.70. The van der Waals surface area contributed by atoms with Crippen molar-refractivity contribution in [2.24, 2.45) is 0 Å². The van der Waals surface area contributed by atoms with Crippen molar-refractivity contribution in [3.05, 3.63) is 34.3 Å². The molecule has 0 bridgehead atoms. The van der Waals surface area contributed by atoms with Crippen LogP contribution in [-0.4, -0.2) is 31.1 Å². The van der Waals surface area contributed by atoms with Crippen molar-refractivity contribution in [3.8, 4) is 0 Å². The third kappa shape index (κ3) is 5.86. The van der Waals surface area contributed by atoms with Crippen LogP contribution in [-0.2, 0) is 4.57 Å². The molecular formula is C12H11BrCl6NOP. The zero-order valence-corrected chi connectivity index (χ0v) is 18.0. The minimum atomic E-state index is -3.13. The van der Waals surface area contributed by atoms with Crippen LogP contribution in [0.25, 0.3) is 0 Å². The van der Waals surface area contributed by atoms with Gasteiger partial charge in [-0.3, -0.25) is 0 Å². The predicted molar refractivity (Wildman–Crippen MR) is 102 cm³/mol. The molecule has 2 atom stereocenters. The van der Waals surface area contributed by atoms with Crippen LogP contribution >= 0.6 is 92.8 Å². The Labute approximate surface area is 167 Å². The summed E-state index contributed by atoms with van der Waals surface area (Å²) in [7, 11) is -3.13. The molecule has 10 heteroatoms. The lowest BCUT2D eigenvalue weighted by Gasteiger charge is -2.27. The number of halogens is 7. The van der Waals surface area contributed by atoms with Crippen LogP contribution in [0.15, 0.2) is 28.7 Å². The fourth-order valence-corrected chi connectivity index (χ4v) is 8.79. The first-order chi connectivity index (χ1) is 9.90. The fraction of sp³-hybridized carbons (Fsp3) is 0.500. The number of alkyl halides is 6. The van der Waals surface area contributed by atoms with Gasteiger partial charge in [0, 0.05) is 11.0 Å². The summed E-state index contributed by atoms with van der Waals surface area (Å²) < 4.78 is 12.6. The van der Waals surface area contributed by atoms with Gasteiger partial charge in [0.1, 0.15) is 0 Å². The van der Waals surface area contributed by atoms with Gasteiger partial charge in [-0.25, -0.2) is 4.67 Å². The molecule has 1 fully saturated rings. The molecule has 1 saturated heterocycles. The highest BCUT2D eigenvalue weighted by molar-refractivity contribution is 9.10. The first-order valence-electron chi connectivity index (χ1n) is 6.14. The average Bonchev–Trinajstić information content (AvgIpc) is 3.03. The van der Waals surface area contributed by atoms with E-state index in [1.165, 1.54) is 0 Å². The van der Waals surface area contributed by atoms with E-state index in [2.05, 4.69) is 15.9 Å². The number of hydrogen-bond donors (Lipinski definition) is 0. The summed E-state index contributed by atoms with van der Waals surface area (Å²) in [4.78, 5) is 0. The Kier molecular flexibility index (Phi) is 6.43. The van der Waals surface area contributed by atoms with E-state index in [4.69, 9.17) is 69.6 Å². The standard InChI is InChI=1S/C12H11BrCl6NOP/c13-9-3-1-2-8(4-9)10-5-20(10)22(21,6-11(14,15)16)7-12(17,18)19/h1-4,10H,5-7H2. The Morgan fingerprint density at radius 2 is 1.68 bits per heavy atom. The first kappa shape index (κ1) is 19.9. The summed E-state index contributed by atoms with van der Waals surface area (Å²) in [6.45, 7) is 0.579. The highest BCUT2D eigenvalue weighted by Crippen LogP contribution is 2.66. The van der Waals surface area contributed by atoms with Gasteiger partial charge in [-0.05, 0) is 17.7 Å². The summed E-state index contributed by atoms with van der Waals surface area (Å²) in [5.41, 5.74) is 1.02. The molecule has 1 heterocycles. The van der Waals surface area contributed by atoms with E-state index in [9.17, 15) is 4.57 Å². The molecule has 0 saturated carbocycles. The van der Waals surface area contributed by atoms with Gasteiger partial charge in [0.25, 0.3) is 0 Å².